The van der Waals surface area contributed by atoms with Gasteiger partial charge >= 0.3 is 12.0 Å². The monoisotopic (exact) mass is 295 g/mol. The molecular weight excluding hydrogens is 270 g/mol. The number of piperidine rings is 1. The molecule has 6 heteroatoms. The van der Waals surface area contributed by atoms with Crippen LogP contribution >= 0.6 is 0 Å². The number of amides is 2. The van der Waals surface area contributed by atoms with Gasteiger partial charge in [-0.15, -0.1) is 0 Å². The third-order valence-corrected chi connectivity index (χ3v) is 4.91. The number of carbonyl (C=O) groups excluding carboxylic acids is 1. The van der Waals surface area contributed by atoms with E-state index in [0.29, 0.717) is 12.6 Å². The second-order valence-corrected chi connectivity index (χ2v) is 6.48. The van der Waals surface area contributed by atoms with E-state index in [2.05, 4.69) is 4.90 Å². The van der Waals surface area contributed by atoms with Gasteiger partial charge in [-0.2, -0.15) is 0 Å². The Morgan fingerprint density at radius 1 is 1.10 bits per heavy atom. The maximum Gasteiger partial charge on any atom is 0.320 e. The van der Waals surface area contributed by atoms with Crippen LogP contribution in [0.25, 0.3) is 0 Å². The Hall–Kier alpha value is -1.30. The second-order valence-electron chi connectivity index (χ2n) is 6.48. The number of urea groups is 1. The van der Waals surface area contributed by atoms with Crippen LogP contribution < -0.4 is 0 Å². The fourth-order valence-electron chi connectivity index (χ4n) is 3.55. The van der Waals surface area contributed by atoms with Crippen LogP contribution in [-0.4, -0.2) is 76.6 Å². The van der Waals surface area contributed by atoms with Crippen molar-refractivity contribution in [3.8, 4) is 0 Å². The first-order chi connectivity index (χ1) is 10.1. The Morgan fingerprint density at radius 3 is 2.62 bits per heavy atom. The number of carboxylic acid groups (broad SMARTS) is 1. The van der Waals surface area contributed by atoms with Gasteiger partial charge in [0.15, 0.2) is 0 Å². The molecule has 6 nitrogen and oxygen atoms in total. The van der Waals surface area contributed by atoms with E-state index in [0.717, 1.165) is 39.0 Å². The van der Waals surface area contributed by atoms with Crippen LogP contribution in [0.3, 0.4) is 0 Å². The van der Waals surface area contributed by atoms with Gasteiger partial charge < -0.3 is 14.9 Å². The molecule has 1 atom stereocenters. The van der Waals surface area contributed by atoms with Crippen LogP contribution in [0.2, 0.25) is 0 Å². The van der Waals surface area contributed by atoms with Crippen LogP contribution in [0.1, 0.15) is 38.5 Å². The van der Waals surface area contributed by atoms with Gasteiger partial charge in [0, 0.05) is 38.3 Å². The number of piperazine rings is 1. The molecule has 0 radical (unpaired) electrons. The van der Waals surface area contributed by atoms with E-state index in [1.165, 1.54) is 19.3 Å². The number of aliphatic carboxylic acids is 1. The summed E-state index contributed by atoms with van der Waals surface area (Å²) in [5.41, 5.74) is 0. The first kappa shape index (κ1) is 14.6. The van der Waals surface area contributed by atoms with E-state index in [1.807, 2.05) is 4.90 Å². The quantitative estimate of drug-likeness (QED) is 0.847. The fraction of sp³-hybridized carbons (Fsp3) is 0.867. The molecule has 3 fully saturated rings. The third kappa shape index (κ3) is 3.48. The standard InChI is InChI=1S/C15H25N3O3/c19-14(20)6-8-18(12-4-5-12)15(21)17-10-9-16-7-2-1-3-13(16)11-17/h12-13H,1-11H2,(H,19,20). The van der Waals surface area contributed by atoms with Crippen LogP contribution in [0.15, 0.2) is 0 Å². The Labute approximate surface area is 125 Å². The first-order valence-electron chi connectivity index (χ1n) is 8.16. The molecule has 3 aliphatic rings. The molecule has 21 heavy (non-hydrogen) atoms. The maximum atomic E-state index is 12.7. The van der Waals surface area contributed by atoms with E-state index in [1.54, 1.807) is 4.90 Å². The van der Waals surface area contributed by atoms with E-state index in [-0.39, 0.29) is 18.5 Å². The Kier molecular flexibility index (Phi) is 4.33. The molecule has 0 aromatic carbocycles. The zero-order valence-electron chi connectivity index (χ0n) is 12.5. The average Bonchev–Trinajstić information content (AvgIpc) is 3.31. The fourth-order valence-corrected chi connectivity index (χ4v) is 3.55. The van der Waals surface area contributed by atoms with Gasteiger partial charge in [-0.25, -0.2) is 4.79 Å². The smallest absolute Gasteiger partial charge is 0.320 e. The van der Waals surface area contributed by atoms with Gasteiger partial charge in [-0.05, 0) is 32.2 Å². The third-order valence-electron chi connectivity index (χ3n) is 4.91. The summed E-state index contributed by atoms with van der Waals surface area (Å²) in [6.07, 6.45) is 5.81. The summed E-state index contributed by atoms with van der Waals surface area (Å²) in [7, 11) is 0. The summed E-state index contributed by atoms with van der Waals surface area (Å²) in [6.45, 7) is 4.08. The van der Waals surface area contributed by atoms with E-state index < -0.39 is 5.97 Å². The summed E-state index contributed by atoms with van der Waals surface area (Å²) in [5.74, 6) is -0.828. The van der Waals surface area contributed by atoms with Crippen molar-refractivity contribution in [3.63, 3.8) is 0 Å². The molecule has 0 bridgehead atoms. The van der Waals surface area contributed by atoms with Crippen molar-refractivity contribution in [2.45, 2.75) is 50.6 Å². The van der Waals surface area contributed by atoms with Crippen LogP contribution in [0.5, 0.6) is 0 Å². The topological polar surface area (TPSA) is 64.1 Å². The Morgan fingerprint density at radius 2 is 1.90 bits per heavy atom. The molecule has 3 rings (SSSR count). The van der Waals surface area contributed by atoms with Gasteiger partial charge in [0.25, 0.3) is 0 Å². The SMILES string of the molecule is O=C(O)CCN(C(=O)N1CCN2CCCCC2C1)C1CC1. The average molecular weight is 295 g/mol. The molecule has 2 saturated heterocycles. The van der Waals surface area contributed by atoms with Gasteiger partial charge in [0.05, 0.1) is 6.42 Å². The molecule has 2 heterocycles. The summed E-state index contributed by atoms with van der Waals surface area (Å²) < 4.78 is 0. The summed E-state index contributed by atoms with van der Waals surface area (Å²) >= 11 is 0. The van der Waals surface area contributed by atoms with Gasteiger partial charge in [-0.3, -0.25) is 9.69 Å². The summed E-state index contributed by atoms with van der Waals surface area (Å²) in [4.78, 5) is 29.7. The lowest BCUT2D eigenvalue weighted by Crippen LogP contribution is -2.58. The molecule has 2 amide bonds. The normalized spacial score (nSPS) is 26.3. The molecule has 0 spiro atoms. The lowest BCUT2D eigenvalue weighted by atomic mass is 10.00. The van der Waals surface area contributed by atoms with E-state index in [4.69, 9.17) is 5.11 Å². The van der Waals surface area contributed by atoms with Gasteiger partial charge in [-0.1, -0.05) is 6.42 Å². The number of fused-ring (bicyclic) bond motifs is 1. The Balaban J connectivity index is 1.58. The minimum absolute atomic E-state index is 0.0473. The molecule has 1 N–H and O–H groups in total. The molecule has 1 saturated carbocycles. The predicted molar refractivity (Wildman–Crippen MR) is 78.2 cm³/mol. The summed E-state index contributed by atoms with van der Waals surface area (Å²) in [6, 6.07) is 0.849. The predicted octanol–water partition coefficient (Wildman–Crippen LogP) is 1.22. The largest absolute Gasteiger partial charge is 0.481 e. The number of rotatable bonds is 4. The number of hydrogen-bond acceptors (Lipinski definition) is 3. The zero-order chi connectivity index (χ0) is 14.8. The van der Waals surface area contributed by atoms with Crippen LogP contribution in [0, 0.1) is 0 Å². The highest BCUT2D eigenvalue weighted by atomic mass is 16.4. The van der Waals surface area contributed by atoms with Crippen molar-refractivity contribution in [3.05, 3.63) is 0 Å². The molecule has 2 aliphatic heterocycles. The van der Waals surface area contributed by atoms with Crippen molar-refractivity contribution in [2.24, 2.45) is 0 Å². The number of carbonyl (C=O) groups is 2. The lowest BCUT2D eigenvalue weighted by Gasteiger charge is -2.45. The molecule has 0 aromatic heterocycles. The van der Waals surface area contributed by atoms with Gasteiger partial charge in [0.1, 0.15) is 0 Å². The lowest BCUT2D eigenvalue weighted by molar-refractivity contribution is -0.137. The number of hydrogen-bond donors (Lipinski definition) is 1. The number of carboxylic acids is 1. The van der Waals surface area contributed by atoms with Crippen LogP contribution in [-0.2, 0) is 4.79 Å². The van der Waals surface area contributed by atoms with E-state index in [9.17, 15) is 9.59 Å². The zero-order valence-corrected chi connectivity index (χ0v) is 12.5. The van der Waals surface area contributed by atoms with Crippen molar-refractivity contribution >= 4 is 12.0 Å². The highest BCUT2D eigenvalue weighted by Gasteiger charge is 2.38. The van der Waals surface area contributed by atoms with E-state index >= 15 is 0 Å². The minimum Gasteiger partial charge on any atom is -0.481 e. The molecule has 1 aliphatic carbocycles. The molecule has 1 unspecified atom stereocenters. The molecule has 118 valence electrons. The highest BCUT2D eigenvalue weighted by molar-refractivity contribution is 5.76. The highest BCUT2D eigenvalue weighted by Crippen LogP contribution is 2.29. The molecular formula is C15H25N3O3. The Bertz CT molecular complexity index is 411. The first-order valence-corrected chi connectivity index (χ1v) is 8.16. The summed E-state index contributed by atoms with van der Waals surface area (Å²) in [5, 5.41) is 8.85. The van der Waals surface area contributed by atoms with Crippen molar-refractivity contribution in [1.29, 1.82) is 0 Å². The van der Waals surface area contributed by atoms with Crippen LogP contribution in [0.4, 0.5) is 4.79 Å². The minimum atomic E-state index is -0.828. The maximum absolute atomic E-state index is 12.7. The van der Waals surface area contributed by atoms with Crippen molar-refractivity contribution in [1.82, 2.24) is 14.7 Å². The van der Waals surface area contributed by atoms with Gasteiger partial charge in [0.2, 0.25) is 0 Å². The molecule has 0 aromatic rings. The van der Waals surface area contributed by atoms with Crippen molar-refractivity contribution in [2.75, 3.05) is 32.7 Å². The second kappa shape index (κ2) is 6.22. The van der Waals surface area contributed by atoms with Crippen molar-refractivity contribution < 1.29 is 14.7 Å². The number of nitrogens with zero attached hydrogens (tertiary/aromatic N) is 3.